The first kappa shape index (κ1) is 19.7. The maximum absolute atomic E-state index is 12.8. The Morgan fingerprint density at radius 2 is 2.00 bits per heavy atom. The zero-order valence-electron chi connectivity index (χ0n) is 16.6. The lowest BCUT2D eigenvalue weighted by molar-refractivity contribution is 0.145. The minimum atomic E-state index is -3.80. The van der Waals surface area contributed by atoms with Crippen LogP contribution >= 0.6 is 0 Å². The van der Waals surface area contributed by atoms with Crippen molar-refractivity contribution in [3.05, 3.63) is 53.2 Å². The molecule has 1 amide bonds. The number of hydrogen-bond acceptors (Lipinski definition) is 7. The van der Waals surface area contributed by atoms with Crippen molar-refractivity contribution < 1.29 is 22.7 Å². The molecule has 2 aliphatic heterocycles. The first-order chi connectivity index (χ1) is 14.8. The van der Waals surface area contributed by atoms with Gasteiger partial charge in [-0.05, 0) is 35.7 Å². The van der Waals surface area contributed by atoms with Gasteiger partial charge in [0.05, 0.1) is 18.5 Å². The zero-order valence-corrected chi connectivity index (χ0v) is 17.4. The summed E-state index contributed by atoms with van der Waals surface area (Å²) in [5, 5.41) is 5.99. The van der Waals surface area contributed by atoms with E-state index in [0.29, 0.717) is 41.3 Å². The number of nitrogens with zero attached hydrogens (tertiary/aromatic N) is 4. The van der Waals surface area contributed by atoms with Crippen LogP contribution in [0.2, 0.25) is 0 Å². The molecular weight excluding hydrogens is 422 g/mol. The molecule has 0 fully saturated rings. The van der Waals surface area contributed by atoms with Crippen LogP contribution in [-0.2, 0) is 34.5 Å². The van der Waals surface area contributed by atoms with E-state index in [-0.39, 0.29) is 13.2 Å². The smallest absolute Gasteiger partial charge is 0.419 e. The molecule has 0 radical (unpaired) electrons. The van der Waals surface area contributed by atoms with Gasteiger partial charge in [-0.2, -0.15) is 17.7 Å². The van der Waals surface area contributed by atoms with Gasteiger partial charge in [-0.3, -0.25) is 0 Å². The van der Waals surface area contributed by atoms with Crippen LogP contribution in [0.5, 0.6) is 5.88 Å². The fourth-order valence-electron chi connectivity index (χ4n) is 3.97. The molecule has 2 aliphatic rings. The summed E-state index contributed by atoms with van der Waals surface area (Å²) >= 11 is 0. The Labute approximate surface area is 178 Å². The quantitative estimate of drug-likeness (QED) is 0.658. The Bertz CT molecular complexity index is 1330. The number of rotatable bonds is 3. The lowest BCUT2D eigenvalue weighted by Gasteiger charge is -2.31. The summed E-state index contributed by atoms with van der Waals surface area (Å²) in [6.45, 7) is 0.570. The average Bonchev–Trinajstić information content (AvgIpc) is 2.77. The van der Waals surface area contributed by atoms with Crippen LogP contribution in [0.4, 0.5) is 16.2 Å². The molecule has 0 saturated carbocycles. The molecule has 0 unspecified atom stereocenters. The molecule has 10 nitrogen and oxygen atoms in total. The Hall–Kier alpha value is -3.28. The number of ether oxygens (including phenoxy) is 2. The van der Waals surface area contributed by atoms with E-state index in [1.807, 2.05) is 12.1 Å². The number of fused-ring (bicyclic) bond motifs is 4. The number of pyridine rings is 2. The normalized spacial score (nSPS) is 16.6. The lowest BCUT2D eigenvalue weighted by atomic mass is 9.99. The largest absolute Gasteiger partial charge is 0.481 e. The number of cyclic esters (lactones) is 1. The number of carbonyl (C=O) groups is 1. The fraction of sp³-hybridized carbons (Fsp3) is 0.250. The van der Waals surface area contributed by atoms with Crippen molar-refractivity contribution in [3.63, 3.8) is 0 Å². The van der Waals surface area contributed by atoms with Gasteiger partial charge in [0.15, 0.2) is 5.65 Å². The van der Waals surface area contributed by atoms with Gasteiger partial charge >= 0.3 is 6.09 Å². The molecular formula is C20H19N5O5S. The summed E-state index contributed by atoms with van der Waals surface area (Å²) in [5.74, 6) is 0.418. The number of methoxy groups -OCH3 is 1. The van der Waals surface area contributed by atoms with E-state index >= 15 is 0 Å². The number of benzene rings is 1. The summed E-state index contributed by atoms with van der Waals surface area (Å²) in [5.41, 5.74) is 4.18. The average molecular weight is 441 g/mol. The SMILES string of the molecule is COc1ccc2c3c(cnc2n1)COC(=O)N3c1ccc2c(c1)CN(S(N)(=O)=O)CC2. The van der Waals surface area contributed by atoms with Crippen LogP contribution in [0, 0.1) is 0 Å². The van der Waals surface area contributed by atoms with Gasteiger partial charge in [0.1, 0.15) is 6.61 Å². The van der Waals surface area contributed by atoms with Crippen LogP contribution in [0.25, 0.3) is 11.0 Å². The summed E-state index contributed by atoms with van der Waals surface area (Å²) < 4.78 is 35.3. The molecule has 0 bridgehead atoms. The molecule has 11 heteroatoms. The molecule has 1 aromatic carbocycles. The summed E-state index contributed by atoms with van der Waals surface area (Å²) in [4.78, 5) is 23.0. The minimum absolute atomic E-state index is 0.101. The Balaban J connectivity index is 1.64. The topological polar surface area (TPSA) is 128 Å². The maximum Gasteiger partial charge on any atom is 0.419 e. The van der Waals surface area contributed by atoms with Crippen LogP contribution in [-0.4, -0.2) is 42.4 Å². The van der Waals surface area contributed by atoms with Crippen molar-refractivity contribution in [2.75, 3.05) is 18.6 Å². The Morgan fingerprint density at radius 1 is 1.16 bits per heavy atom. The fourth-order valence-corrected chi connectivity index (χ4v) is 4.64. The van der Waals surface area contributed by atoms with Gasteiger partial charge in [0.25, 0.3) is 10.2 Å². The monoisotopic (exact) mass is 441 g/mol. The Morgan fingerprint density at radius 3 is 2.77 bits per heavy atom. The third-order valence-corrected chi connectivity index (χ3v) is 6.53. The predicted octanol–water partition coefficient (Wildman–Crippen LogP) is 1.99. The van der Waals surface area contributed by atoms with E-state index in [0.717, 1.165) is 16.7 Å². The van der Waals surface area contributed by atoms with E-state index in [4.69, 9.17) is 14.6 Å². The van der Waals surface area contributed by atoms with E-state index in [2.05, 4.69) is 9.97 Å². The molecule has 160 valence electrons. The predicted molar refractivity (Wildman–Crippen MR) is 112 cm³/mol. The van der Waals surface area contributed by atoms with E-state index in [9.17, 15) is 13.2 Å². The summed E-state index contributed by atoms with van der Waals surface area (Å²) in [7, 11) is -2.28. The van der Waals surface area contributed by atoms with E-state index in [1.54, 1.807) is 24.4 Å². The highest BCUT2D eigenvalue weighted by molar-refractivity contribution is 7.86. The van der Waals surface area contributed by atoms with Crippen molar-refractivity contribution in [2.24, 2.45) is 5.14 Å². The minimum Gasteiger partial charge on any atom is -0.481 e. The molecule has 0 atom stereocenters. The molecule has 2 aromatic heterocycles. The second-order valence-corrected chi connectivity index (χ2v) is 8.87. The van der Waals surface area contributed by atoms with Gasteiger partial charge in [0, 0.05) is 36.3 Å². The molecule has 5 rings (SSSR count). The van der Waals surface area contributed by atoms with E-state index < -0.39 is 16.3 Å². The van der Waals surface area contributed by atoms with Gasteiger partial charge < -0.3 is 9.47 Å². The number of aromatic nitrogens is 2. The van der Waals surface area contributed by atoms with Crippen molar-refractivity contribution in [1.29, 1.82) is 0 Å². The van der Waals surface area contributed by atoms with Crippen molar-refractivity contribution >= 4 is 38.7 Å². The highest BCUT2D eigenvalue weighted by Crippen LogP contribution is 2.39. The van der Waals surface area contributed by atoms with Gasteiger partial charge in [0.2, 0.25) is 5.88 Å². The first-order valence-corrected chi connectivity index (χ1v) is 11.0. The highest BCUT2D eigenvalue weighted by atomic mass is 32.2. The summed E-state index contributed by atoms with van der Waals surface area (Å²) in [6, 6.07) is 9.04. The first-order valence-electron chi connectivity index (χ1n) is 9.54. The number of amides is 1. The van der Waals surface area contributed by atoms with Gasteiger partial charge in [-0.25, -0.2) is 19.8 Å². The number of anilines is 2. The van der Waals surface area contributed by atoms with Gasteiger partial charge in [-0.1, -0.05) is 6.07 Å². The zero-order chi connectivity index (χ0) is 21.8. The molecule has 4 heterocycles. The molecule has 3 aromatic rings. The molecule has 0 saturated heterocycles. The molecule has 2 N–H and O–H groups in total. The lowest BCUT2D eigenvalue weighted by Crippen LogP contribution is -2.40. The molecule has 0 spiro atoms. The standard InChI is InChI=1S/C20H19N5O5S/c1-29-17-5-4-16-18-14(9-22-19(16)23-17)11-30-20(26)25(18)15-3-2-12-6-7-24(31(21,27)28)10-13(12)8-15/h2-5,8-9H,6-7,10-11H2,1H3,(H2,21,27,28). The van der Waals surface area contributed by atoms with Crippen LogP contribution < -0.4 is 14.8 Å². The number of carbonyl (C=O) groups excluding carboxylic acids is 1. The van der Waals surface area contributed by atoms with E-state index in [1.165, 1.54) is 16.3 Å². The second-order valence-electron chi connectivity index (χ2n) is 7.33. The molecule has 0 aliphatic carbocycles. The van der Waals surface area contributed by atoms with Crippen molar-refractivity contribution in [3.8, 4) is 5.88 Å². The van der Waals surface area contributed by atoms with Crippen LogP contribution in [0.3, 0.4) is 0 Å². The third kappa shape index (κ3) is 3.36. The third-order valence-electron chi connectivity index (χ3n) is 5.50. The Kier molecular flexibility index (Phi) is 4.54. The number of nitrogens with two attached hydrogens (primary N) is 1. The number of hydrogen-bond donors (Lipinski definition) is 1. The molecule has 31 heavy (non-hydrogen) atoms. The maximum atomic E-state index is 12.8. The second kappa shape index (κ2) is 7.15. The van der Waals surface area contributed by atoms with Crippen LogP contribution in [0.1, 0.15) is 16.7 Å². The van der Waals surface area contributed by atoms with Crippen molar-refractivity contribution in [2.45, 2.75) is 19.6 Å². The van der Waals surface area contributed by atoms with Crippen molar-refractivity contribution in [1.82, 2.24) is 14.3 Å². The van der Waals surface area contributed by atoms with Crippen LogP contribution in [0.15, 0.2) is 36.5 Å². The highest BCUT2D eigenvalue weighted by Gasteiger charge is 2.31. The van der Waals surface area contributed by atoms with Gasteiger partial charge in [-0.15, -0.1) is 0 Å². The summed E-state index contributed by atoms with van der Waals surface area (Å²) in [6.07, 6.45) is 1.64.